The third-order valence-corrected chi connectivity index (χ3v) is 5.26. The first-order chi connectivity index (χ1) is 15.0. The molecule has 0 bridgehead atoms. The zero-order chi connectivity index (χ0) is 22.2. The van der Waals surface area contributed by atoms with Gasteiger partial charge in [-0.25, -0.2) is 0 Å². The van der Waals surface area contributed by atoms with Gasteiger partial charge in [-0.3, -0.25) is 14.4 Å². The number of carbonyl (C=O) groups excluding carboxylic acids is 3. The summed E-state index contributed by atoms with van der Waals surface area (Å²) in [6.07, 6.45) is 0. The molecule has 3 N–H and O–H groups in total. The highest BCUT2D eigenvalue weighted by atomic mass is 35.5. The van der Waals surface area contributed by atoms with E-state index < -0.39 is 0 Å². The van der Waals surface area contributed by atoms with Gasteiger partial charge in [0.1, 0.15) is 5.75 Å². The van der Waals surface area contributed by atoms with Crippen LogP contribution >= 0.6 is 22.9 Å². The predicted octanol–water partition coefficient (Wildman–Crippen LogP) is 4.42. The van der Waals surface area contributed by atoms with Gasteiger partial charge < -0.3 is 20.7 Å². The van der Waals surface area contributed by atoms with Crippen molar-refractivity contribution in [2.24, 2.45) is 0 Å². The minimum atomic E-state index is -0.385. The molecule has 0 radical (unpaired) electrons. The molecule has 1 heterocycles. The van der Waals surface area contributed by atoms with Gasteiger partial charge >= 0.3 is 0 Å². The third-order valence-electron chi connectivity index (χ3n) is 4.06. The molecule has 1 aromatic heterocycles. The van der Waals surface area contributed by atoms with E-state index in [1.165, 1.54) is 17.4 Å². The van der Waals surface area contributed by atoms with E-state index in [1.54, 1.807) is 53.9 Å². The number of nitrogens with one attached hydrogen (secondary N) is 3. The number of hydrogen-bond donors (Lipinski definition) is 3. The molecule has 0 atom stereocenters. The van der Waals surface area contributed by atoms with Gasteiger partial charge in [0.2, 0.25) is 0 Å². The van der Waals surface area contributed by atoms with Gasteiger partial charge in [0, 0.05) is 23.9 Å². The molecular formula is C22H20ClN3O4S. The highest BCUT2D eigenvalue weighted by Crippen LogP contribution is 2.25. The smallest absolute Gasteiger partial charge is 0.265 e. The van der Waals surface area contributed by atoms with E-state index in [0.29, 0.717) is 39.1 Å². The third kappa shape index (κ3) is 6.31. The molecule has 7 nitrogen and oxygen atoms in total. The van der Waals surface area contributed by atoms with E-state index in [-0.39, 0.29) is 24.3 Å². The Morgan fingerprint density at radius 2 is 1.84 bits per heavy atom. The SMILES string of the molecule is CCNC(=O)COc1cccc(NC(=O)c2ccc(Cl)c(NC(=O)c3cccs3)c2)c1. The summed E-state index contributed by atoms with van der Waals surface area (Å²) in [7, 11) is 0. The molecule has 160 valence electrons. The Kier molecular flexibility index (Phi) is 7.64. The summed E-state index contributed by atoms with van der Waals surface area (Å²) < 4.78 is 5.43. The number of hydrogen-bond acceptors (Lipinski definition) is 5. The zero-order valence-corrected chi connectivity index (χ0v) is 18.2. The van der Waals surface area contributed by atoms with Gasteiger partial charge in [-0.1, -0.05) is 23.7 Å². The summed E-state index contributed by atoms with van der Waals surface area (Å²) in [6.45, 7) is 2.23. The molecule has 0 aliphatic rings. The topological polar surface area (TPSA) is 96.5 Å². The molecule has 3 aromatic rings. The summed E-state index contributed by atoms with van der Waals surface area (Å²) in [4.78, 5) is 37.0. The van der Waals surface area contributed by atoms with Crippen molar-refractivity contribution in [1.82, 2.24) is 5.32 Å². The quantitative estimate of drug-likeness (QED) is 0.466. The Bertz CT molecular complexity index is 1090. The lowest BCUT2D eigenvalue weighted by Gasteiger charge is -2.11. The van der Waals surface area contributed by atoms with Crippen LogP contribution in [0.2, 0.25) is 5.02 Å². The first kappa shape index (κ1) is 22.3. The number of ether oxygens (including phenoxy) is 1. The Labute approximate surface area is 188 Å². The number of carbonyl (C=O) groups is 3. The van der Waals surface area contributed by atoms with Crippen LogP contribution in [0.4, 0.5) is 11.4 Å². The number of halogens is 1. The number of amides is 3. The van der Waals surface area contributed by atoms with E-state index in [9.17, 15) is 14.4 Å². The van der Waals surface area contributed by atoms with Gasteiger partial charge in [0.05, 0.1) is 15.6 Å². The second kappa shape index (κ2) is 10.6. The van der Waals surface area contributed by atoms with Crippen molar-refractivity contribution in [2.75, 3.05) is 23.8 Å². The minimum absolute atomic E-state index is 0.115. The van der Waals surface area contributed by atoms with Crippen LogP contribution in [-0.2, 0) is 4.79 Å². The Morgan fingerprint density at radius 3 is 2.58 bits per heavy atom. The highest BCUT2D eigenvalue weighted by Gasteiger charge is 2.13. The minimum Gasteiger partial charge on any atom is -0.484 e. The van der Waals surface area contributed by atoms with Gasteiger partial charge in [0.25, 0.3) is 17.7 Å². The number of thiophene rings is 1. The maximum absolute atomic E-state index is 12.7. The average Bonchev–Trinajstić information content (AvgIpc) is 3.29. The maximum Gasteiger partial charge on any atom is 0.265 e. The molecule has 0 fully saturated rings. The fourth-order valence-corrected chi connectivity index (χ4v) is 3.40. The van der Waals surface area contributed by atoms with E-state index in [4.69, 9.17) is 16.3 Å². The van der Waals surface area contributed by atoms with Crippen molar-refractivity contribution in [3.05, 3.63) is 75.4 Å². The van der Waals surface area contributed by atoms with Crippen LogP contribution in [0.25, 0.3) is 0 Å². The molecule has 0 saturated carbocycles. The van der Waals surface area contributed by atoms with Crippen molar-refractivity contribution in [3.8, 4) is 5.75 Å². The molecule has 0 unspecified atom stereocenters. The van der Waals surface area contributed by atoms with E-state index in [0.717, 1.165) is 0 Å². The second-order valence-electron chi connectivity index (χ2n) is 6.35. The molecule has 9 heteroatoms. The van der Waals surface area contributed by atoms with Crippen molar-refractivity contribution in [3.63, 3.8) is 0 Å². The second-order valence-corrected chi connectivity index (χ2v) is 7.71. The van der Waals surface area contributed by atoms with Crippen LogP contribution in [0.15, 0.2) is 60.0 Å². The largest absolute Gasteiger partial charge is 0.484 e. The van der Waals surface area contributed by atoms with Crippen molar-refractivity contribution in [1.29, 1.82) is 0 Å². The molecule has 2 aromatic carbocycles. The number of likely N-dealkylation sites (N-methyl/N-ethyl adjacent to an activating group) is 1. The van der Waals surface area contributed by atoms with E-state index in [2.05, 4.69) is 16.0 Å². The van der Waals surface area contributed by atoms with E-state index in [1.807, 2.05) is 6.92 Å². The Balaban J connectivity index is 1.67. The van der Waals surface area contributed by atoms with Crippen LogP contribution < -0.4 is 20.7 Å². The molecule has 31 heavy (non-hydrogen) atoms. The van der Waals surface area contributed by atoms with Crippen molar-refractivity contribution in [2.45, 2.75) is 6.92 Å². The summed E-state index contributed by atoms with van der Waals surface area (Å²) in [5.74, 6) is -0.463. The lowest BCUT2D eigenvalue weighted by molar-refractivity contribution is -0.122. The Morgan fingerprint density at radius 1 is 1.00 bits per heavy atom. The zero-order valence-electron chi connectivity index (χ0n) is 16.6. The van der Waals surface area contributed by atoms with Crippen molar-refractivity contribution >= 4 is 52.0 Å². The molecule has 0 aliphatic carbocycles. The first-order valence-electron chi connectivity index (χ1n) is 9.41. The monoisotopic (exact) mass is 457 g/mol. The van der Waals surface area contributed by atoms with Crippen molar-refractivity contribution < 1.29 is 19.1 Å². The summed E-state index contributed by atoms with van der Waals surface area (Å²) in [5, 5.41) is 10.2. The molecule has 0 spiro atoms. The molecule has 3 rings (SSSR count). The first-order valence-corrected chi connectivity index (χ1v) is 10.7. The normalized spacial score (nSPS) is 10.3. The number of benzene rings is 2. The van der Waals surface area contributed by atoms with Crippen LogP contribution in [0, 0.1) is 0 Å². The molecule has 0 saturated heterocycles. The van der Waals surface area contributed by atoms with Gasteiger partial charge in [-0.2, -0.15) is 0 Å². The van der Waals surface area contributed by atoms with Crippen LogP contribution in [0.5, 0.6) is 5.75 Å². The van der Waals surface area contributed by atoms with Gasteiger partial charge in [0.15, 0.2) is 6.61 Å². The summed E-state index contributed by atoms with van der Waals surface area (Å²) in [6, 6.07) is 14.8. The van der Waals surface area contributed by atoms with Crippen LogP contribution in [0.3, 0.4) is 0 Å². The average molecular weight is 458 g/mol. The molecule has 0 aliphatic heterocycles. The fourth-order valence-electron chi connectivity index (χ4n) is 2.62. The van der Waals surface area contributed by atoms with Gasteiger partial charge in [-0.15, -0.1) is 11.3 Å². The Hall–Kier alpha value is -3.36. The summed E-state index contributed by atoms with van der Waals surface area (Å²) >= 11 is 7.48. The highest BCUT2D eigenvalue weighted by molar-refractivity contribution is 7.12. The standard InChI is InChI=1S/C22H20ClN3O4S/c1-2-24-20(27)13-30-16-6-3-5-15(12-16)25-21(28)14-8-9-17(23)18(11-14)26-22(29)19-7-4-10-31-19/h3-12H,2,13H2,1H3,(H,24,27)(H,25,28)(H,26,29). The number of rotatable bonds is 8. The van der Waals surface area contributed by atoms with E-state index >= 15 is 0 Å². The number of anilines is 2. The predicted molar refractivity (Wildman–Crippen MR) is 122 cm³/mol. The maximum atomic E-state index is 12.7. The summed E-state index contributed by atoms with van der Waals surface area (Å²) in [5.41, 5.74) is 1.16. The molecule has 3 amide bonds. The van der Waals surface area contributed by atoms with Crippen LogP contribution in [0.1, 0.15) is 27.0 Å². The fraction of sp³-hybridized carbons (Fsp3) is 0.136. The lowest BCUT2D eigenvalue weighted by Crippen LogP contribution is -2.28. The van der Waals surface area contributed by atoms with Gasteiger partial charge in [-0.05, 0) is 48.7 Å². The van der Waals surface area contributed by atoms with Crippen LogP contribution in [-0.4, -0.2) is 30.9 Å². The lowest BCUT2D eigenvalue weighted by atomic mass is 10.1. The molecular weight excluding hydrogens is 438 g/mol.